The van der Waals surface area contributed by atoms with Crippen LogP contribution in [0.5, 0.6) is 0 Å². The summed E-state index contributed by atoms with van der Waals surface area (Å²) in [6.07, 6.45) is 3.65. The number of carbonyl (C=O) groups excluding carboxylic acids is 1. The Morgan fingerprint density at radius 2 is 2.17 bits per heavy atom. The summed E-state index contributed by atoms with van der Waals surface area (Å²) in [7, 11) is 0. The van der Waals surface area contributed by atoms with Gasteiger partial charge >= 0.3 is 6.03 Å². The van der Waals surface area contributed by atoms with Gasteiger partial charge in [-0.2, -0.15) is 0 Å². The summed E-state index contributed by atoms with van der Waals surface area (Å²) >= 11 is 5.83. The van der Waals surface area contributed by atoms with Crippen molar-refractivity contribution >= 4 is 23.3 Å². The predicted octanol–water partition coefficient (Wildman–Crippen LogP) is 2.48. The minimum absolute atomic E-state index is 0.263. The largest absolute Gasteiger partial charge is 0.334 e. The van der Waals surface area contributed by atoms with Crippen LogP contribution < -0.4 is 15.6 Å². The van der Waals surface area contributed by atoms with Crippen LogP contribution in [0.2, 0.25) is 5.02 Å². The van der Waals surface area contributed by atoms with Crippen molar-refractivity contribution in [3.8, 4) is 0 Å². The molecule has 3 N–H and O–H groups in total. The zero-order valence-corrected chi connectivity index (χ0v) is 10.4. The number of halogens is 1. The number of hydrogen-bond acceptors (Lipinski definition) is 1. The Morgan fingerprint density at radius 1 is 1.28 bits per heavy atom. The number of nitrogens with one attached hydrogen (secondary N) is 3. The molecule has 0 radical (unpaired) electrons. The first-order chi connectivity index (χ1) is 8.74. The van der Waals surface area contributed by atoms with Crippen LogP contribution in [-0.4, -0.2) is 6.03 Å². The minimum atomic E-state index is -0.263. The minimum Gasteiger partial charge on any atom is -0.334 e. The molecule has 0 saturated carbocycles. The Kier molecular flexibility index (Phi) is 4.15. The summed E-state index contributed by atoms with van der Waals surface area (Å²) in [6, 6.07) is 10.6. The highest BCUT2D eigenvalue weighted by Crippen LogP contribution is 2.14. The lowest BCUT2D eigenvalue weighted by Crippen LogP contribution is -2.28. The van der Waals surface area contributed by atoms with E-state index in [1.807, 2.05) is 24.5 Å². The molecule has 4 nitrogen and oxygen atoms in total. The molecule has 0 aliphatic rings. The first-order valence-corrected chi connectivity index (χ1v) is 5.87. The summed E-state index contributed by atoms with van der Waals surface area (Å²) < 4.78 is 0. The molecular formula is C13H13ClN3O+. The zero-order chi connectivity index (χ0) is 12.8. The van der Waals surface area contributed by atoms with Crippen LogP contribution in [0, 0.1) is 0 Å². The lowest BCUT2D eigenvalue weighted by molar-refractivity contribution is -0.378. The van der Waals surface area contributed by atoms with Crippen LogP contribution in [0.15, 0.2) is 48.8 Å². The molecule has 0 spiro atoms. The third-order valence-electron chi connectivity index (χ3n) is 2.31. The van der Waals surface area contributed by atoms with Crippen molar-refractivity contribution in [2.75, 3.05) is 5.32 Å². The first kappa shape index (κ1) is 12.4. The van der Waals surface area contributed by atoms with Crippen LogP contribution >= 0.6 is 11.6 Å². The number of benzene rings is 1. The van der Waals surface area contributed by atoms with Gasteiger partial charge in [0.15, 0.2) is 12.4 Å². The number of urea groups is 1. The summed E-state index contributed by atoms with van der Waals surface area (Å²) in [6.45, 7) is 0.462. The van der Waals surface area contributed by atoms with Crippen LogP contribution in [0.4, 0.5) is 10.5 Å². The van der Waals surface area contributed by atoms with Crippen LogP contribution in [0.25, 0.3) is 0 Å². The number of aromatic amines is 1. The van der Waals surface area contributed by atoms with Crippen LogP contribution in [0.1, 0.15) is 5.56 Å². The van der Waals surface area contributed by atoms with E-state index in [1.54, 1.807) is 24.3 Å². The van der Waals surface area contributed by atoms with Crippen molar-refractivity contribution in [2.45, 2.75) is 6.54 Å². The first-order valence-electron chi connectivity index (χ1n) is 5.49. The van der Waals surface area contributed by atoms with E-state index in [9.17, 15) is 4.79 Å². The van der Waals surface area contributed by atoms with Gasteiger partial charge in [-0.05, 0) is 24.3 Å². The Morgan fingerprint density at radius 3 is 2.89 bits per heavy atom. The maximum atomic E-state index is 11.6. The molecule has 92 valence electrons. The van der Waals surface area contributed by atoms with Gasteiger partial charge in [0.05, 0.1) is 6.54 Å². The summed E-state index contributed by atoms with van der Waals surface area (Å²) in [5, 5.41) is 6.05. The van der Waals surface area contributed by atoms with Crippen molar-refractivity contribution in [1.29, 1.82) is 0 Å². The number of anilines is 1. The molecule has 0 aliphatic heterocycles. The molecule has 0 aliphatic carbocycles. The fraction of sp³-hybridized carbons (Fsp3) is 0.0769. The van der Waals surface area contributed by atoms with Crippen molar-refractivity contribution in [3.63, 3.8) is 0 Å². The van der Waals surface area contributed by atoms with Crippen molar-refractivity contribution in [3.05, 3.63) is 59.4 Å². The molecular weight excluding hydrogens is 250 g/mol. The van der Waals surface area contributed by atoms with E-state index < -0.39 is 0 Å². The van der Waals surface area contributed by atoms with Crippen LogP contribution in [-0.2, 0) is 6.54 Å². The summed E-state index contributed by atoms with van der Waals surface area (Å²) in [5.41, 5.74) is 1.67. The average molecular weight is 263 g/mol. The average Bonchev–Trinajstić information content (AvgIpc) is 2.38. The summed E-state index contributed by atoms with van der Waals surface area (Å²) in [4.78, 5) is 14.6. The fourth-order valence-corrected chi connectivity index (χ4v) is 1.65. The van der Waals surface area contributed by atoms with E-state index in [0.29, 0.717) is 17.3 Å². The van der Waals surface area contributed by atoms with Gasteiger partial charge in [0.2, 0.25) is 0 Å². The number of rotatable bonds is 3. The van der Waals surface area contributed by atoms with Gasteiger partial charge in [-0.3, -0.25) is 0 Å². The highest BCUT2D eigenvalue weighted by Gasteiger charge is 2.02. The van der Waals surface area contributed by atoms with Gasteiger partial charge in [0.25, 0.3) is 0 Å². The number of H-pyrrole nitrogens is 1. The highest BCUT2D eigenvalue weighted by molar-refractivity contribution is 6.30. The van der Waals surface area contributed by atoms with Crippen molar-refractivity contribution < 1.29 is 9.78 Å². The number of hydrogen-bond donors (Lipinski definition) is 2. The SMILES string of the molecule is O=C(NCc1ccc[nH+]c1)Nc1cccc(Cl)c1. The van der Waals surface area contributed by atoms with E-state index in [2.05, 4.69) is 15.6 Å². The molecule has 0 fully saturated rings. The number of carbonyl (C=O) groups is 1. The topological polar surface area (TPSA) is 55.3 Å². The number of pyridine rings is 1. The Labute approximate surface area is 110 Å². The maximum absolute atomic E-state index is 11.6. The van der Waals surface area contributed by atoms with Gasteiger partial charge < -0.3 is 10.6 Å². The Hall–Kier alpha value is -2.07. The van der Waals surface area contributed by atoms with E-state index in [4.69, 9.17) is 11.6 Å². The lowest BCUT2D eigenvalue weighted by atomic mass is 10.3. The van der Waals surface area contributed by atoms with Crippen molar-refractivity contribution in [1.82, 2.24) is 5.32 Å². The number of aromatic nitrogens is 1. The van der Waals surface area contributed by atoms with Gasteiger partial charge in [-0.15, -0.1) is 0 Å². The second-order valence-corrected chi connectivity index (χ2v) is 4.17. The zero-order valence-electron chi connectivity index (χ0n) is 9.61. The van der Waals surface area contributed by atoms with Gasteiger partial charge in [-0.25, -0.2) is 9.78 Å². The Bertz CT molecular complexity index is 531. The molecule has 0 bridgehead atoms. The predicted molar refractivity (Wildman–Crippen MR) is 70.3 cm³/mol. The standard InChI is InChI=1S/C13H12ClN3O/c14-11-4-1-5-12(7-11)17-13(18)16-9-10-3-2-6-15-8-10/h1-8H,9H2,(H2,16,17,18)/p+1. The van der Waals surface area contributed by atoms with Gasteiger partial charge in [0.1, 0.15) is 0 Å². The maximum Gasteiger partial charge on any atom is 0.319 e. The molecule has 0 atom stereocenters. The van der Waals surface area contributed by atoms with Crippen molar-refractivity contribution in [2.24, 2.45) is 0 Å². The third kappa shape index (κ3) is 3.75. The smallest absolute Gasteiger partial charge is 0.319 e. The molecule has 0 unspecified atom stereocenters. The third-order valence-corrected chi connectivity index (χ3v) is 2.54. The molecule has 2 aromatic rings. The van der Waals surface area contributed by atoms with E-state index in [0.717, 1.165) is 5.56 Å². The molecule has 5 heteroatoms. The van der Waals surface area contributed by atoms with E-state index in [-0.39, 0.29) is 6.03 Å². The summed E-state index contributed by atoms with van der Waals surface area (Å²) in [5.74, 6) is 0. The molecule has 18 heavy (non-hydrogen) atoms. The number of amides is 2. The normalized spacial score (nSPS) is 9.83. The van der Waals surface area contributed by atoms with Crippen LogP contribution in [0.3, 0.4) is 0 Å². The van der Waals surface area contributed by atoms with Gasteiger partial charge in [0, 0.05) is 22.3 Å². The highest BCUT2D eigenvalue weighted by atomic mass is 35.5. The fourth-order valence-electron chi connectivity index (χ4n) is 1.46. The molecule has 1 heterocycles. The second kappa shape index (κ2) is 6.02. The molecule has 2 amide bonds. The molecule has 0 saturated heterocycles. The lowest BCUT2D eigenvalue weighted by Gasteiger charge is -2.06. The molecule has 2 rings (SSSR count). The van der Waals surface area contributed by atoms with E-state index in [1.165, 1.54) is 0 Å². The molecule has 1 aromatic heterocycles. The monoisotopic (exact) mass is 262 g/mol. The Balaban J connectivity index is 1.86. The second-order valence-electron chi connectivity index (χ2n) is 3.73. The van der Waals surface area contributed by atoms with E-state index >= 15 is 0 Å². The van der Waals surface area contributed by atoms with Gasteiger partial charge in [-0.1, -0.05) is 17.7 Å². The quantitative estimate of drug-likeness (QED) is 0.877. The molecule has 1 aromatic carbocycles.